The zero-order chi connectivity index (χ0) is 24.4. The second-order valence-electron chi connectivity index (χ2n) is 8.71. The predicted molar refractivity (Wildman–Crippen MR) is 134 cm³/mol. The lowest BCUT2D eigenvalue weighted by Crippen LogP contribution is -2.29. The van der Waals surface area contributed by atoms with Gasteiger partial charge in [-0.3, -0.25) is 14.5 Å². The summed E-state index contributed by atoms with van der Waals surface area (Å²) in [5.74, 6) is -0.227. The molecular formula is C29H26FNO4. The summed E-state index contributed by atoms with van der Waals surface area (Å²) >= 11 is 0. The first-order chi connectivity index (χ1) is 17.1. The number of benzene rings is 3. The average molecular weight is 472 g/mol. The fourth-order valence-electron chi connectivity index (χ4n) is 4.58. The van der Waals surface area contributed by atoms with Crippen molar-refractivity contribution >= 4 is 22.6 Å². The van der Waals surface area contributed by atoms with Gasteiger partial charge in [-0.15, -0.1) is 0 Å². The lowest BCUT2D eigenvalue weighted by Gasteiger charge is -2.25. The summed E-state index contributed by atoms with van der Waals surface area (Å²) in [5, 5.41) is 0.114. The fraction of sp³-hybridized carbons (Fsp3) is 0.241. The molecule has 0 bridgehead atoms. The van der Waals surface area contributed by atoms with Crippen molar-refractivity contribution < 1.29 is 18.3 Å². The average Bonchev–Trinajstić information content (AvgIpc) is 3.18. The second-order valence-corrected chi connectivity index (χ2v) is 8.71. The third-order valence-electron chi connectivity index (χ3n) is 6.33. The topological polar surface area (TPSA) is 59.8 Å². The van der Waals surface area contributed by atoms with Crippen molar-refractivity contribution in [3.05, 3.63) is 106 Å². The molecule has 2 heterocycles. The lowest BCUT2D eigenvalue weighted by molar-refractivity contribution is 0.0971. The highest BCUT2D eigenvalue weighted by Crippen LogP contribution is 2.41. The maximum absolute atomic E-state index is 13.9. The van der Waals surface area contributed by atoms with Crippen LogP contribution in [0.25, 0.3) is 11.0 Å². The van der Waals surface area contributed by atoms with Gasteiger partial charge < -0.3 is 9.15 Å². The van der Waals surface area contributed by atoms with Gasteiger partial charge in [0.2, 0.25) is 5.76 Å². The Bertz CT molecular complexity index is 1410. The van der Waals surface area contributed by atoms with Crippen LogP contribution in [0.1, 0.15) is 60.3 Å². The third kappa shape index (κ3) is 4.32. The van der Waals surface area contributed by atoms with E-state index in [4.69, 9.17) is 9.15 Å². The number of unbranched alkanes of at least 4 members (excludes halogenated alkanes) is 3. The number of carbonyl (C=O) groups is 1. The van der Waals surface area contributed by atoms with E-state index < -0.39 is 23.2 Å². The number of anilines is 1. The van der Waals surface area contributed by atoms with Gasteiger partial charge in [0.05, 0.1) is 23.6 Å². The zero-order valence-electron chi connectivity index (χ0n) is 19.5. The molecule has 0 radical (unpaired) electrons. The van der Waals surface area contributed by atoms with Gasteiger partial charge in [-0.25, -0.2) is 4.39 Å². The minimum absolute atomic E-state index is 0.0146. The van der Waals surface area contributed by atoms with Crippen LogP contribution in [0.4, 0.5) is 10.1 Å². The second kappa shape index (κ2) is 9.74. The first kappa shape index (κ1) is 22.8. The van der Waals surface area contributed by atoms with E-state index in [1.807, 2.05) is 54.6 Å². The summed E-state index contributed by atoms with van der Waals surface area (Å²) in [6.45, 7) is 2.81. The summed E-state index contributed by atoms with van der Waals surface area (Å²) in [6.07, 6.45) is 4.48. The Labute approximate surface area is 202 Å². The molecule has 4 aromatic rings. The molecule has 35 heavy (non-hydrogen) atoms. The zero-order valence-corrected chi connectivity index (χ0v) is 19.5. The molecule has 0 saturated heterocycles. The Morgan fingerprint density at radius 3 is 2.46 bits per heavy atom. The van der Waals surface area contributed by atoms with E-state index in [1.54, 1.807) is 4.90 Å². The van der Waals surface area contributed by atoms with E-state index in [0.29, 0.717) is 12.3 Å². The number of nitrogens with zero attached hydrogens (tertiary/aromatic N) is 1. The van der Waals surface area contributed by atoms with Crippen LogP contribution in [0.3, 0.4) is 0 Å². The number of amides is 1. The molecule has 0 saturated carbocycles. The number of hydrogen-bond acceptors (Lipinski definition) is 4. The molecule has 5 nitrogen and oxygen atoms in total. The molecule has 6 heteroatoms. The number of fused-ring (bicyclic) bond motifs is 2. The SMILES string of the molecule is CCCCCCOc1ccc(C2c3c(oc4ccc(F)cc4c3=O)C(=O)N2c2ccccc2)cc1. The molecule has 1 atom stereocenters. The van der Waals surface area contributed by atoms with Gasteiger partial charge in [0, 0.05) is 5.69 Å². The fourth-order valence-corrected chi connectivity index (χ4v) is 4.58. The third-order valence-corrected chi connectivity index (χ3v) is 6.33. The minimum atomic E-state index is -0.706. The van der Waals surface area contributed by atoms with Crippen molar-refractivity contribution in [2.75, 3.05) is 11.5 Å². The van der Waals surface area contributed by atoms with E-state index in [-0.39, 0.29) is 22.3 Å². The van der Waals surface area contributed by atoms with E-state index in [0.717, 1.165) is 30.2 Å². The number of para-hydroxylation sites is 1. The predicted octanol–water partition coefficient (Wildman–Crippen LogP) is 6.64. The molecule has 0 aliphatic carbocycles. The van der Waals surface area contributed by atoms with Crippen molar-refractivity contribution in [1.82, 2.24) is 0 Å². The van der Waals surface area contributed by atoms with Crippen LogP contribution in [-0.2, 0) is 0 Å². The summed E-state index contributed by atoms with van der Waals surface area (Å²) in [7, 11) is 0. The standard InChI is InChI=1S/C29H26FNO4/c1-2-3-4-8-17-34-22-14-11-19(12-15-22)26-25-27(32)23-18-20(30)13-16-24(23)35-28(25)29(33)31(26)21-9-6-5-7-10-21/h5-7,9-16,18,26H,2-4,8,17H2,1H3. The first-order valence-corrected chi connectivity index (χ1v) is 12.0. The van der Waals surface area contributed by atoms with Gasteiger partial charge in [-0.05, 0) is 54.4 Å². The van der Waals surface area contributed by atoms with E-state index in [1.165, 1.54) is 25.0 Å². The van der Waals surface area contributed by atoms with Gasteiger partial charge in [-0.2, -0.15) is 0 Å². The number of hydrogen-bond donors (Lipinski definition) is 0. The summed E-state index contributed by atoms with van der Waals surface area (Å²) in [5.41, 5.74) is 1.37. The van der Waals surface area contributed by atoms with Crippen molar-refractivity contribution in [3.8, 4) is 5.75 Å². The van der Waals surface area contributed by atoms with E-state index in [9.17, 15) is 14.0 Å². The monoisotopic (exact) mass is 471 g/mol. The Morgan fingerprint density at radius 2 is 1.71 bits per heavy atom. The molecule has 0 N–H and O–H groups in total. The lowest BCUT2D eigenvalue weighted by atomic mass is 9.98. The number of carbonyl (C=O) groups excluding carboxylic acids is 1. The van der Waals surface area contributed by atoms with Crippen LogP contribution >= 0.6 is 0 Å². The number of halogens is 1. The van der Waals surface area contributed by atoms with Crippen LogP contribution in [0.15, 0.2) is 82.0 Å². The van der Waals surface area contributed by atoms with E-state index in [2.05, 4.69) is 6.92 Å². The highest BCUT2D eigenvalue weighted by molar-refractivity contribution is 6.10. The van der Waals surface area contributed by atoms with E-state index >= 15 is 0 Å². The quantitative estimate of drug-likeness (QED) is 0.270. The molecular weight excluding hydrogens is 445 g/mol. The molecule has 178 valence electrons. The molecule has 3 aromatic carbocycles. The normalized spacial score (nSPS) is 15.0. The van der Waals surface area contributed by atoms with Gasteiger partial charge in [0.1, 0.15) is 17.1 Å². The summed E-state index contributed by atoms with van der Waals surface area (Å²) < 4.78 is 25.7. The number of ether oxygens (including phenoxy) is 1. The maximum Gasteiger partial charge on any atom is 0.295 e. The first-order valence-electron chi connectivity index (χ1n) is 12.0. The molecule has 1 unspecified atom stereocenters. The Balaban J connectivity index is 1.56. The molecule has 1 aromatic heterocycles. The Morgan fingerprint density at radius 1 is 0.943 bits per heavy atom. The minimum Gasteiger partial charge on any atom is -0.494 e. The highest BCUT2D eigenvalue weighted by atomic mass is 19.1. The summed E-state index contributed by atoms with van der Waals surface area (Å²) in [6, 6.07) is 19.6. The molecule has 1 aliphatic rings. The number of rotatable bonds is 8. The van der Waals surface area contributed by atoms with Gasteiger partial charge in [0.25, 0.3) is 5.91 Å². The van der Waals surface area contributed by atoms with Crippen molar-refractivity contribution in [2.45, 2.75) is 38.6 Å². The van der Waals surface area contributed by atoms with Crippen LogP contribution in [0.2, 0.25) is 0 Å². The van der Waals surface area contributed by atoms with Crippen molar-refractivity contribution in [1.29, 1.82) is 0 Å². The highest BCUT2D eigenvalue weighted by Gasteiger charge is 2.43. The van der Waals surface area contributed by atoms with Crippen LogP contribution in [0.5, 0.6) is 5.75 Å². The van der Waals surface area contributed by atoms with Crippen molar-refractivity contribution in [3.63, 3.8) is 0 Å². The Kier molecular flexibility index (Phi) is 6.36. The molecule has 5 rings (SSSR count). The Hall–Kier alpha value is -3.93. The largest absolute Gasteiger partial charge is 0.494 e. The molecule has 0 fully saturated rings. The van der Waals surface area contributed by atoms with Crippen LogP contribution in [-0.4, -0.2) is 12.5 Å². The molecule has 1 aliphatic heterocycles. The maximum atomic E-state index is 13.9. The summed E-state index contributed by atoms with van der Waals surface area (Å²) in [4.78, 5) is 28.6. The smallest absolute Gasteiger partial charge is 0.295 e. The molecule has 1 amide bonds. The van der Waals surface area contributed by atoms with Crippen molar-refractivity contribution in [2.24, 2.45) is 0 Å². The van der Waals surface area contributed by atoms with Gasteiger partial charge >= 0.3 is 0 Å². The van der Waals surface area contributed by atoms with Crippen LogP contribution < -0.4 is 15.1 Å². The molecule has 0 spiro atoms. The van der Waals surface area contributed by atoms with Gasteiger partial charge in [-0.1, -0.05) is 56.5 Å². The van der Waals surface area contributed by atoms with Crippen LogP contribution in [0, 0.1) is 5.82 Å². The van der Waals surface area contributed by atoms with Gasteiger partial charge in [0.15, 0.2) is 5.43 Å².